The molecule has 1 aliphatic heterocycles. The van der Waals surface area contributed by atoms with Crippen molar-refractivity contribution in [3.05, 3.63) is 35.9 Å². The van der Waals surface area contributed by atoms with E-state index in [4.69, 9.17) is 4.84 Å². The van der Waals surface area contributed by atoms with E-state index in [0.717, 1.165) is 18.4 Å². The number of hydrogen-bond donors (Lipinski definition) is 0. The van der Waals surface area contributed by atoms with Gasteiger partial charge in [-0.25, -0.2) is 0 Å². The number of nitrogens with zero attached hydrogens (tertiary/aromatic N) is 1. The molecule has 2 aliphatic rings. The van der Waals surface area contributed by atoms with E-state index in [1.807, 2.05) is 0 Å². The van der Waals surface area contributed by atoms with Crippen LogP contribution in [0.3, 0.4) is 0 Å². The fourth-order valence-corrected chi connectivity index (χ4v) is 6.35. The molecule has 0 amide bonds. The largest absolute Gasteiger partial charge is 0.295 e. The molecular formula is C22H37NOSi. The minimum Gasteiger partial charge on any atom is -0.295 e. The SMILES string of the molecule is CC(C)(C)[C@H]1CC[C@H]2[C@H](C[Si](C)(C)C)ON(Cc3ccccc3)[C@H]2C1. The van der Waals surface area contributed by atoms with Crippen molar-refractivity contribution in [3.63, 3.8) is 0 Å². The maximum atomic E-state index is 6.62. The van der Waals surface area contributed by atoms with Crippen LogP contribution in [0.2, 0.25) is 25.7 Å². The molecule has 0 aromatic heterocycles. The molecule has 1 aromatic rings. The van der Waals surface area contributed by atoms with Gasteiger partial charge in [0.2, 0.25) is 0 Å². The Morgan fingerprint density at radius 3 is 2.36 bits per heavy atom. The maximum Gasteiger partial charge on any atom is 0.0814 e. The zero-order valence-electron chi connectivity index (χ0n) is 17.1. The molecule has 140 valence electrons. The van der Waals surface area contributed by atoms with Crippen molar-refractivity contribution in [1.82, 2.24) is 5.06 Å². The van der Waals surface area contributed by atoms with Gasteiger partial charge in [0, 0.05) is 26.6 Å². The average molecular weight is 360 g/mol. The standard InChI is InChI=1S/C22H37NOSi/c1-22(2,3)18-12-13-19-20(14-18)23(15-17-10-8-7-9-11-17)24-21(19)16-25(4,5)6/h7-11,18-21H,12-16H2,1-6H3/t18-,19+,20-,21-/m0/s1. The van der Waals surface area contributed by atoms with Gasteiger partial charge in [-0.15, -0.1) is 0 Å². The molecule has 0 bridgehead atoms. The molecule has 2 fully saturated rings. The second kappa shape index (κ2) is 7.17. The van der Waals surface area contributed by atoms with Crippen LogP contribution in [0.1, 0.15) is 45.6 Å². The number of fused-ring (bicyclic) bond motifs is 1. The van der Waals surface area contributed by atoms with Crippen LogP contribution < -0.4 is 0 Å². The van der Waals surface area contributed by atoms with Crippen molar-refractivity contribution in [2.24, 2.45) is 17.3 Å². The minimum atomic E-state index is -1.13. The second-order valence-corrected chi connectivity index (χ2v) is 16.1. The van der Waals surface area contributed by atoms with E-state index in [1.54, 1.807) is 0 Å². The van der Waals surface area contributed by atoms with Gasteiger partial charge in [0.05, 0.1) is 6.10 Å². The normalized spacial score (nSPS) is 31.1. The van der Waals surface area contributed by atoms with Crippen LogP contribution in [0.15, 0.2) is 30.3 Å². The topological polar surface area (TPSA) is 12.5 Å². The predicted molar refractivity (Wildman–Crippen MR) is 109 cm³/mol. The lowest BCUT2D eigenvalue weighted by Gasteiger charge is -2.41. The number of benzene rings is 1. The van der Waals surface area contributed by atoms with Gasteiger partial charge in [0.15, 0.2) is 0 Å². The Kier molecular flexibility index (Phi) is 5.48. The van der Waals surface area contributed by atoms with Gasteiger partial charge < -0.3 is 0 Å². The summed E-state index contributed by atoms with van der Waals surface area (Å²) in [6.07, 6.45) is 4.45. The van der Waals surface area contributed by atoms with Gasteiger partial charge in [-0.05, 0) is 42.2 Å². The van der Waals surface area contributed by atoms with Crippen LogP contribution in [0.4, 0.5) is 0 Å². The lowest BCUT2D eigenvalue weighted by Crippen LogP contribution is -2.41. The summed E-state index contributed by atoms with van der Waals surface area (Å²) in [5, 5.41) is 2.36. The van der Waals surface area contributed by atoms with E-state index in [0.29, 0.717) is 17.6 Å². The summed E-state index contributed by atoms with van der Waals surface area (Å²) in [5.74, 6) is 1.54. The van der Waals surface area contributed by atoms with Crippen LogP contribution >= 0.6 is 0 Å². The Morgan fingerprint density at radius 2 is 1.76 bits per heavy atom. The summed E-state index contributed by atoms with van der Waals surface area (Å²) in [5.41, 5.74) is 1.77. The van der Waals surface area contributed by atoms with Crippen LogP contribution in [0.5, 0.6) is 0 Å². The first kappa shape index (κ1) is 19.1. The molecule has 0 spiro atoms. The fraction of sp³-hybridized carbons (Fsp3) is 0.727. The Bertz CT molecular complexity index is 560. The first-order chi connectivity index (χ1) is 11.6. The van der Waals surface area contributed by atoms with Crippen molar-refractivity contribution in [2.45, 2.75) is 84.4 Å². The summed E-state index contributed by atoms with van der Waals surface area (Å²) >= 11 is 0. The lowest BCUT2D eigenvalue weighted by atomic mass is 9.67. The zero-order valence-corrected chi connectivity index (χ0v) is 18.1. The van der Waals surface area contributed by atoms with Crippen molar-refractivity contribution in [2.75, 3.05) is 0 Å². The number of hydroxylamine groups is 2. The third-order valence-corrected chi connectivity index (χ3v) is 7.83. The van der Waals surface area contributed by atoms with Crippen molar-refractivity contribution >= 4 is 8.07 Å². The van der Waals surface area contributed by atoms with E-state index >= 15 is 0 Å². The molecule has 0 unspecified atom stereocenters. The molecule has 1 aromatic carbocycles. The van der Waals surface area contributed by atoms with Gasteiger partial charge in [0.1, 0.15) is 0 Å². The predicted octanol–water partition coefficient (Wildman–Crippen LogP) is 5.97. The van der Waals surface area contributed by atoms with Gasteiger partial charge in [-0.1, -0.05) is 70.7 Å². The van der Waals surface area contributed by atoms with E-state index < -0.39 is 8.07 Å². The highest BCUT2D eigenvalue weighted by Gasteiger charge is 2.48. The smallest absolute Gasteiger partial charge is 0.0814 e. The van der Waals surface area contributed by atoms with Crippen LogP contribution in [-0.2, 0) is 11.4 Å². The molecule has 1 saturated carbocycles. The molecule has 0 radical (unpaired) electrons. The van der Waals surface area contributed by atoms with Crippen molar-refractivity contribution in [1.29, 1.82) is 0 Å². The Labute approximate surface area is 155 Å². The first-order valence-electron chi connectivity index (χ1n) is 10.1. The summed E-state index contributed by atoms with van der Waals surface area (Å²) in [7, 11) is -1.13. The van der Waals surface area contributed by atoms with Gasteiger partial charge >= 0.3 is 0 Å². The molecule has 0 N–H and O–H groups in total. The van der Waals surface area contributed by atoms with Crippen molar-refractivity contribution in [3.8, 4) is 0 Å². The Balaban J connectivity index is 1.78. The average Bonchev–Trinajstić information content (AvgIpc) is 2.83. The highest BCUT2D eigenvalue weighted by molar-refractivity contribution is 6.76. The lowest BCUT2D eigenvalue weighted by molar-refractivity contribution is -0.168. The molecule has 1 saturated heterocycles. The summed E-state index contributed by atoms with van der Waals surface area (Å²) in [6, 6.07) is 12.7. The van der Waals surface area contributed by atoms with Gasteiger partial charge in [0.25, 0.3) is 0 Å². The number of hydrogen-bond acceptors (Lipinski definition) is 2. The van der Waals surface area contributed by atoms with E-state index in [-0.39, 0.29) is 0 Å². The molecule has 2 nitrogen and oxygen atoms in total. The van der Waals surface area contributed by atoms with Gasteiger partial charge in [-0.2, -0.15) is 5.06 Å². The second-order valence-electron chi connectivity index (χ2n) is 10.6. The van der Waals surface area contributed by atoms with E-state index in [9.17, 15) is 0 Å². The summed E-state index contributed by atoms with van der Waals surface area (Å²) in [6.45, 7) is 15.6. The third kappa shape index (κ3) is 4.75. The summed E-state index contributed by atoms with van der Waals surface area (Å²) in [4.78, 5) is 6.62. The molecule has 3 heteroatoms. The van der Waals surface area contributed by atoms with E-state index in [2.05, 4.69) is 75.8 Å². The maximum absolute atomic E-state index is 6.62. The van der Waals surface area contributed by atoms with E-state index in [1.165, 1.54) is 30.9 Å². The molecule has 3 rings (SSSR count). The van der Waals surface area contributed by atoms with Crippen LogP contribution in [0, 0.1) is 17.3 Å². The third-order valence-electron chi connectivity index (χ3n) is 6.21. The first-order valence-corrected chi connectivity index (χ1v) is 13.8. The monoisotopic (exact) mass is 359 g/mol. The van der Waals surface area contributed by atoms with Crippen molar-refractivity contribution < 1.29 is 4.84 Å². The molecule has 1 aliphatic carbocycles. The number of rotatable bonds is 4. The molecule has 25 heavy (non-hydrogen) atoms. The Hall–Kier alpha value is -0.643. The highest BCUT2D eigenvalue weighted by atomic mass is 28.3. The Morgan fingerprint density at radius 1 is 1.08 bits per heavy atom. The molecule has 4 atom stereocenters. The van der Waals surface area contributed by atoms with Gasteiger partial charge in [-0.3, -0.25) is 4.84 Å². The van der Waals surface area contributed by atoms with Crippen LogP contribution in [0.25, 0.3) is 0 Å². The quantitative estimate of drug-likeness (QED) is 0.614. The van der Waals surface area contributed by atoms with Crippen LogP contribution in [-0.4, -0.2) is 25.3 Å². The molecule has 1 heterocycles. The summed E-state index contributed by atoms with van der Waals surface area (Å²) < 4.78 is 0. The minimum absolute atomic E-state index is 0.403. The zero-order chi connectivity index (χ0) is 18.2. The molecular weight excluding hydrogens is 322 g/mol. The highest BCUT2D eigenvalue weighted by Crippen LogP contribution is 2.47. The fourth-order valence-electron chi connectivity index (χ4n) is 4.76.